The second-order valence-corrected chi connectivity index (χ2v) is 10.1. The highest BCUT2D eigenvalue weighted by atomic mass is 35.5. The Kier molecular flexibility index (Phi) is 7.46. The van der Waals surface area contributed by atoms with E-state index in [2.05, 4.69) is 5.10 Å². The van der Waals surface area contributed by atoms with E-state index in [0.717, 1.165) is 22.7 Å². The van der Waals surface area contributed by atoms with Crippen LogP contribution in [0.5, 0.6) is 0 Å². The Morgan fingerprint density at radius 3 is 2.64 bits per heavy atom. The summed E-state index contributed by atoms with van der Waals surface area (Å²) in [5.74, 6) is -0.485. The van der Waals surface area contributed by atoms with Crippen LogP contribution in [-0.2, 0) is 17.5 Å². The van der Waals surface area contributed by atoms with Crippen LogP contribution in [-0.4, -0.2) is 69.1 Å². The number of alkyl halides is 3. The highest BCUT2D eigenvalue weighted by molar-refractivity contribution is 8.18. The number of imide groups is 1. The molecule has 1 aromatic heterocycles. The Labute approximate surface area is 214 Å². The summed E-state index contributed by atoms with van der Waals surface area (Å²) in [6, 6.07) is 8.76. The van der Waals surface area contributed by atoms with Gasteiger partial charge in [0.25, 0.3) is 11.1 Å². The van der Waals surface area contributed by atoms with E-state index in [0.29, 0.717) is 23.0 Å². The lowest BCUT2D eigenvalue weighted by molar-refractivity contribution is -0.138. The van der Waals surface area contributed by atoms with E-state index in [1.54, 1.807) is 43.3 Å². The lowest BCUT2D eigenvalue weighted by atomic mass is 10.1. The first-order valence-electron chi connectivity index (χ1n) is 10.8. The first kappa shape index (κ1) is 26.2. The molecule has 2 amide bonds. The molecule has 4 rings (SSSR count). The number of amides is 2. The SMILES string of the molecule is CN(C)CC(O)CN1C(=O)SC(=Cc2ccc3c(cnn3Cc3ccc(Cl)cc3C(F)(F)F)c2)C1=O. The predicted molar refractivity (Wildman–Crippen MR) is 133 cm³/mol. The molecule has 2 aromatic carbocycles. The fourth-order valence-electron chi connectivity index (χ4n) is 3.93. The summed E-state index contributed by atoms with van der Waals surface area (Å²) in [5, 5.41) is 14.5. The van der Waals surface area contributed by atoms with Crippen LogP contribution in [0.2, 0.25) is 5.02 Å². The third kappa shape index (κ3) is 5.75. The zero-order valence-corrected chi connectivity index (χ0v) is 20.9. The Morgan fingerprint density at radius 1 is 1.19 bits per heavy atom. The molecule has 1 atom stereocenters. The van der Waals surface area contributed by atoms with Gasteiger partial charge in [0.1, 0.15) is 0 Å². The van der Waals surface area contributed by atoms with Crippen molar-refractivity contribution >= 4 is 51.5 Å². The zero-order valence-electron chi connectivity index (χ0n) is 19.3. The Balaban J connectivity index is 1.55. The van der Waals surface area contributed by atoms with E-state index in [4.69, 9.17) is 11.6 Å². The number of rotatable bonds is 7. The topological polar surface area (TPSA) is 78.7 Å². The standard InChI is InChI=1S/C24H22ClF3N4O3S/c1-30(2)12-18(33)13-31-22(34)21(36-23(31)35)8-14-3-6-20-16(7-14)10-29-32(20)11-15-4-5-17(25)9-19(15)24(26,27)28/h3-10,18,33H,11-13H2,1-2H3. The summed E-state index contributed by atoms with van der Waals surface area (Å²) in [5.41, 5.74) is 0.451. The number of hydrogen-bond donors (Lipinski definition) is 1. The number of nitrogens with zero attached hydrogens (tertiary/aromatic N) is 4. The third-order valence-corrected chi connectivity index (χ3v) is 6.65. The fraction of sp³-hybridized carbons (Fsp3) is 0.292. The molecule has 0 radical (unpaired) electrons. The van der Waals surface area contributed by atoms with Crippen molar-refractivity contribution in [3.8, 4) is 0 Å². The van der Waals surface area contributed by atoms with Crippen LogP contribution in [0.25, 0.3) is 17.0 Å². The van der Waals surface area contributed by atoms with Gasteiger partial charge in [-0.3, -0.25) is 19.2 Å². The number of carbonyl (C=O) groups is 2. The molecule has 12 heteroatoms. The van der Waals surface area contributed by atoms with Crippen molar-refractivity contribution in [2.75, 3.05) is 27.2 Å². The maximum Gasteiger partial charge on any atom is 0.416 e. The van der Waals surface area contributed by atoms with E-state index in [9.17, 15) is 27.9 Å². The van der Waals surface area contributed by atoms with Crippen LogP contribution >= 0.6 is 23.4 Å². The molecule has 2 heterocycles. The molecule has 1 aliphatic heterocycles. The Bertz CT molecular complexity index is 1360. The number of aliphatic hydroxyl groups is 1. The number of hydrogen-bond acceptors (Lipinski definition) is 6. The maximum atomic E-state index is 13.5. The molecule has 7 nitrogen and oxygen atoms in total. The van der Waals surface area contributed by atoms with Gasteiger partial charge < -0.3 is 10.0 Å². The monoisotopic (exact) mass is 538 g/mol. The molecule has 1 saturated heterocycles. The molecular formula is C24H22ClF3N4O3S. The molecule has 1 N–H and O–H groups in total. The summed E-state index contributed by atoms with van der Waals surface area (Å²) in [6.07, 6.45) is -2.32. The number of aromatic nitrogens is 2. The molecule has 0 bridgehead atoms. The molecule has 36 heavy (non-hydrogen) atoms. The Morgan fingerprint density at radius 2 is 1.94 bits per heavy atom. The molecular weight excluding hydrogens is 517 g/mol. The van der Waals surface area contributed by atoms with Gasteiger partial charge in [-0.1, -0.05) is 23.7 Å². The van der Waals surface area contributed by atoms with Crippen LogP contribution in [0.4, 0.5) is 18.0 Å². The molecule has 1 fully saturated rings. The number of halogens is 4. The summed E-state index contributed by atoms with van der Waals surface area (Å²) in [6.45, 7) is 0.0988. The molecule has 3 aromatic rings. The van der Waals surface area contributed by atoms with Gasteiger partial charge in [-0.15, -0.1) is 0 Å². The normalized spacial score (nSPS) is 16.7. The highest BCUT2D eigenvalue weighted by Gasteiger charge is 2.36. The van der Waals surface area contributed by atoms with Crippen molar-refractivity contribution in [1.29, 1.82) is 0 Å². The fourth-order valence-corrected chi connectivity index (χ4v) is 4.95. The Hall–Kier alpha value is -2.86. The molecule has 0 spiro atoms. The van der Waals surface area contributed by atoms with Crippen molar-refractivity contribution < 1.29 is 27.9 Å². The lowest BCUT2D eigenvalue weighted by Crippen LogP contribution is -2.40. The van der Waals surface area contributed by atoms with Crippen LogP contribution in [0.1, 0.15) is 16.7 Å². The highest BCUT2D eigenvalue weighted by Crippen LogP contribution is 2.35. The number of carbonyl (C=O) groups excluding carboxylic acids is 2. The molecule has 0 saturated carbocycles. The second kappa shape index (κ2) is 10.3. The zero-order chi connectivity index (χ0) is 26.2. The molecule has 0 aliphatic carbocycles. The van der Waals surface area contributed by atoms with Gasteiger partial charge in [0.15, 0.2) is 0 Å². The average Bonchev–Trinajstić information content (AvgIpc) is 3.29. The van der Waals surface area contributed by atoms with Gasteiger partial charge in [-0.25, -0.2) is 0 Å². The van der Waals surface area contributed by atoms with Crippen LogP contribution < -0.4 is 0 Å². The molecule has 1 unspecified atom stereocenters. The summed E-state index contributed by atoms with van der Waals surface area (Å²) in [4.78, 5) is 28.0. The van der Waals surface area contributed by atoms with E-state index < -0.39 is 29.0 Å². The summed E-state index contributed by atoms with van der Waals surface area (Å²) < 4.78 is 41.8. The van der Waals surface area contributed by atoms with E-state index in [1.165, 1.54) is 23.0 Å². The first-order valence-corrected chi connectivity index (χ1v) is 12.0. The smallest absolute Gasteiger partial charge is 0.390 e. The minimum atomic E-state index is -4.55. The van der Waals surface area contributed by atoms with Crippen LogP contribution in [0, 0.1) is 0 Å². The maximum absolute atomic E-state index is 13.5. The number of thioether (sulfide) groups is 1. The van der Waals surface area contributed by atoms with Crippen molar-refractivity contribution in [2.24, 2.45) is 0 Å². The predicted octanol–water partition coefficient (Wildman–Crippen LogP) is 4.72. The van der Waals surface area contributed by atoms with Gasteiger partial charge >= 0.3 is 6.18 Å². The molecule has 190 valence electrons. The molecule has 1 aliphatic rings. The van der Waals surface area contributed by atoms with Crippen LogP contribution in [0.3, 0.4) is 0 Å². The number of aliphatic hydroxyl groups excluding tert-OH is 1. The summed E-state index contributed by atoms with van der Waals surface area (Å²) in [7, 11) is 3.56. The quantitative estimate of drug-likeness (QED) is 0.439. The minimum absolute atomic E-state index is 0.00216. The van der Waals surface area contributed by atoms with Gasteiger partial charge in [0.05, 0.1) is 41.4 Å². The second-order valence-electron chi connectivity index (χ2n) is 8.63. The van der Waals surface area contributed by atoms with Gasteiger partial charge in [-0.2, -0.15) is 18.3 Å². The number of β-amino-alcohol motifs (C(OH)–C–C–N with tert-alkyl or cyclic N) is 1. The summed E-state index contributed by atoms with van der Waals surface area (Å²) >= 11 is 6.56. The van der Waals surface area contributed by atoms with Gasteiger partial charge in [0, 0.05) is 17.0 Å². The first-order chi connectivity index (χ1) is 16.9. The number of likely N-dealkylation sites (N-methyl/N-ethyl adjacent to an activating group) is 1. The largest absolute Gasteiger partial charge is 0.416 e. The minimum Gasteiger partial charge on any atom is -0.390 e. The number of fused-ring (bicyclic) bond motifs is 1. The van der Waals surface area contributed by atoms with Gasteiger partial charge in [0.2, 0.25) is 0 Å². The van der Waals surface area contributed by atoms with E-state index in [-0.39, 0.29) is 28.6 Å². The van der Waals surface area contributed by atoms with Gasteiger partial charge in [-0.05, 0) is 67.3 Å². The van der Waals surface area contributed by atoms with E-state index >= 15 is 0 Å². The van der Waals surface area contributed by atoms with Crippen molar-refractivity contribution in [1.82, 2.24) is 19.6 Å². The third-order valence-electron chi connectivity index (χ3n) is 5.50. The lowest BCUT2D eigenvalue weighted by Gasteiger charge is -2.20. The van der Waals surface area contributed by atoms with Crippen LogP contribution in [0.15, 0.2) is 47.5 Å². The van der Waals surface area contributed by atoms with E-state index in [1.807, 2.05) is 0 Å². The van der Waals surface area contributed by atoms with Crippen molar-refractivity contribution in [2.45, 2.75) is 18.8 Å². The van der Waals surface area contributed by atoms with Crippen molar-refractivity contribution in [3.63, 3.8) is 0 Å². The average molecular weight is 539 g/mol. The number of benzene rings is 2. The van der Waals surface area contributed by atoms with Crippen molar-refractivity contribution in [3.05, 3.63) is 69.2 Å².